The molecule has 1 aliphatic heterocycles. The molecule has 1 aromatic rings. The summed E-state index contributed by atoms with van der Waals surface area (Å²) in [7, 11) is 2.02. The monoisotopic (exact) mass is 284 g/mol. The summed E-state index contributed by atoms with van der Waals surface area (Å²) in [6, 6.07) is 5.85. The summed E-state index contributed by atoms with van der Waals surface area (Å²) in [6.07, 6.45) is 0. The van der Waals surface area contributed by atoms with Crippen LogP contribution in [0.2, 0.25) is 0 Å². The van der Waals surface area contributed by atoms with Gasteiger partial charge in [0.05, 0.1) is 11.1 Å². The van der Waals surface area contributed by atoms with Crippen molar-refractivity contribution in [3.05, 3.63) is 23.8 Å². The smallest absolute Gasteiger partial charge is 0.262 e. The van der Waals surface area contributed by atoms with Crippen LogP contribution in [0.5, 0.6) is 5.75 Å². The second-order valence-corrected chi connectivity index (χ2v) is 4.30. The van der Waals surface area contributed by atoms with Gasteiger partial charge in [-0.25, -0.2) is 0 Å². The van der Waals surface area contributed by atoms with Crippen molar-refractivity contribution in [1.82, 2.24) is 4.90 Å². The fourth-order valence-corrected chi connectivity index (χ4v) is 1.76. The van der Waals surface area contributed by atoms with Crippen LogP contribution in [-0.2, 0) is 11.3 Å². The number of carbonyl (C=O) groups excluding carboxylic acids is 1. The van der Waals surface area contributed by atoms with Crippen molar-refractivity contribution in [2.45, 2.75) is 6.54 Å². The number of ether oxygens (including phenoxy) is 1. The van der Waals surface area contributed by atoms with Crippen LogP contribution in [0, 0.1) is 0 Å². The molecule has 16 heavy (non-hydrogen) atoms. The maximum absolute atomic E-state index is 11.2. The van der Waals surface area contributed by atoms with E-state index in [2.05, 4.69) is 26.1 Å². The van der Waals surface area contributed by atoms with E-state index in [-0.39, 0.29) is 12.5 Å². The quantitative estimate of drug-likeness (QED) is 0.680. The summed E-state index contributed by atoms with van der Waals surface area (Å²) in [5.74, 6) is 0.642. The third kappa shape index (κ3) is 2.54. The number of benzene rings is 1. The lowest BCUT2D eigenvalue weighted by molar-refractivity contribution is -0.118. The second kappa shape index (κ2) is 4.84. The number of carbonyl (C=O) groups is 1. The van der Waals surface area contributed by atoms with E-state index in [0.717, 1.165) is 29.0 Å². The second-order valence-electron chi connectivity index (χ2n) is 3.80. The van der Waals surface area contributed by atoms with E-state index in [1.807, 2.05) is 25.2 Å². The highest BCUT2D eigenvalue weighted by Gasteiger charge is 2.15. The molecule has 4 nitrogen and oxygen atoms in total. The van der Waals surface area contributed by atoms with Crippen LogP contribution in [0.4, 0.5) is 5.69 Å². The highest BCUT2D eigenvalue weighted by molar-refractivity contribution is 9.09. The maximum atomic E-state index is 11.2. The van der Waals surface area contributed by atoms with Crippen LogP contribution in [0.3, 0.4) is 0 Å². The Morgan fingerprint density at radius 2 is 2.38 bits per heavy atom. The Kier molecular flexibility index (Phi) is 3.46. The molecule has 0 radical (unpaired) electrons. The van der Waals surface area contributed by atoms with Gasteiger partial charge in [-0.3, -0.25) is 9.69 Å². The van der Waals surface area contributed by atoms with Crippen molar-refractivity contribution in [2.75, 3.05) is 24.4 Å². The first-order valence-electron chi connectivity index (χ1n) is 4.99. The molecule has 0 spiro atoms. The molecule has 1 amide bonds. The first kappa shape index (κ1) is 11.4. The average molecular weight is 285 g/mol. The van der Waals surface area contributed by atoms with E-state index >= 15 is 0 Å². The Morgan fingerprint density at radius 3 is 3.12 bits per heavy atom. The molecule has 0 atom stereocenters. The highest BCUT2D eigenvalue weighted by Crippen LogP contribution is 2.28. The number of hydrogen-bond donors (Lipinski definition) is 1. The van der Waals surface area contributed by atoms with Crippen LogP contribution in [0.1, 0.15) is 5.56 Å². The molecule has 1 aromatic carbocycles. The van der Waals surface area contributed by atoms with Crippen molar-refractivity contribution in [3.8, 4) is 5.75 Å². The van der Waals surface area contributed by atoms with Gasteiger partial charge in [0.25, 0.3) is 5.91 Å². The van der Waals surface area contributed by atoms with E-state index < -0.39 is 0 Å². The molecule has 1 heterocycles. The number of hydrogen-bond acceptors (Lipinski definition) is 3. The Morgan fingerprint density at radius 1 is 1.56 bits per heavy atom. The lowest BCUT2D eigenvalue weighted by Crippen LogP contribution is -2.25. The minimum atomic E-state index is -0.0986. The number of anilines is 1. The molecule has 5 heteroatoms. The summed E-state index contributed by atoms with van der Waals surface area (Å²) in [5, 5.41) is 2.80. The molecular weight excluding hydrogens is 272 g/mol. The summed E-state index contributed by atoms with van der Waals surface area (Å²) in [4.78, 5) is 13.3. The lowest BCUT2D eigenvalue weighted by Gasteiger charge is -2.19. The first-order valence-corrected chi connectivity index (χ1v) is 6.11. The number of amides is 1. The molecule has 86 valence electrons. The largest absolute Gasteiger partial charge is 0.482 e. The molecule has 0 saturated heterocycles. The molecule has 0 saturated carbocycles. The number of nitrogens with one attached hydrogen (secondary N) is 1. The molecule has 1 N–H and O–H groups in total. The van der Waals surface area contributed by atoms with Crippen LogP contribution in [0.15, 0.2) is 18.2 Å². The zero-order chi connectivity index (χ0) is 11.5. The molecule has 0 fully saturated rings. The van der Waals surface area contributed by atoms with Crippen LogP contribution in [-0.4, -0.2) is 29.9 Å². The zero-order valence-corrected chi connectivity index (χ0v) is 10.6. The molecule has 0 aliphatic carbocycles. The molecule has 0 aromatic heterocycles. The summed E-state index contributed by atoms with van der Waals surface area (Å²) >= 11 is 3.39. The molecule has 2 rings (SSSR count). The van der Waals surface area contributed by atoms with Gasteiger partial charge in [-0.2, -0.15) is 0 Å². The van der Waals surface area contributed by atoms with Gasteiger partial charge in [0.1, 0.15) is 5.75 Å². The fraction of sp³-hybridized carbons (Fsp3) is 0.364. The Labute approximate surface area is 103 Å². The number of alkyl halides is 1. The molecule has 1 aliphatic rings. The fourth-order valence-electron chi connectivity index (χ4n) is 1.58. The average Bonchev–Trinajstić information content (AvgIpc) is 2.28. The van der Waals surface area contributed by atoms with Gasteiger partial charge in [-0.15, -0.1) is 0 Å². The topological polar surface area (TPSA) is 41.6 Å². The number of fused-ring (bicyclic) bond motifs is 1. The third-order valence-corrected chi connectivity index (χ3v) is 3.19. The van der Waals surface area contributed by atoms with Gasteiger partial charge < -0.3 is 10.1 Å². The van der Waals surface area contributed by atoms with E-state index in [9.17, 15) is 4.79 Å². The Bertz CT molecular complexity index is 409. The van der Waals surface area contributed by atoms with E-state index in [4.69, 9.17) is 4.74 Å². The van der Waals surface area contributed by atoms with Crippen molar-refractivity contribution in [2.24, 2.45) is 0 Å². The first-order chi connectivity index (χ1) is 7.69. The normalized spacial score (nSPS) is 14.3. The zero-order valence-electron chi connectivity index (χ0n) is 9.00. The minimum Gasteiger partial charge on any atom is -0.482 e. The highest BCUT2D eigenvalue weighted by atomic mass is 79.9. The van der Waals surface area contributed by atoms with E-state index in [1.165, 1.54) is 0 Å². The minimum absolute atomic E-state index is 0.0986. The van der Waals surface area contributed by atoms with Gasteiger partial charge in [-0.1, -0.05) is 22.0 Å². The number of nitrogens with zero attached hydrogens (tertiary/aromatic N) is 1. The Balaban J connectivity index is 2.18. The van der Waals surface area contributed by atoms with Gasteiger partial charge in [-0.05, 0) is 24.7 Å². The van der Waals surface area contributed by atoms with E-state index in [1.54, 1.807) is 0 Å². The number of rotatable bonds is 3. The third-order valence-electron chi connectivity index (χ3n) is 2.33. The van der Waals surface area contributed by atoms with Crippen molar-refractivity contribution in [1.29, 1.82) is 0 Å². The summed E-state index contributed by atoms with van der Waals surface area (Å²) in [5.41, 5.74) is 2.72. The summed E-state index contributed by atoms with van der Waals surface area (Å²) < 4.78 is 5.29. The predicted molar refractivity (Wildman–Crippen MR) is 65.8 cm³/mol. The standard InChI is InChI=1S/C11H13BrN2O2/c1-14(7-12)5-8-2-3-10-9(4-8)13-11(15)6-16-10/h2-4H,5-7H2,1H3,(H,13,15). The predicted octanol–water partition coefficient (Wildman–Crippen LogP) is 1.80. The maximum Gasteiger partial charge on any atom is 0.262 e. The van der Waals surface area contributed by atoms with E-state index in [0.29, 0.717) is 0 Å². The van der Waals surface area contributed by atoms with Crippen LogP contribution < -0.4 is 10.1 Å². The molecule has 0 unspecified atom stereocenters. The SMILES string of the molecule is CN(CBr)Cc1ccc2c(c1)NC(=O)CO2. The van der Waals surface area contributed by atoms with Gasteiger partial charge in [0, 0.05) is 6.54 Å². The Hall–Kier alpha value is -1.07. The van der Waals surface area contributed by atoms with Gasteiger partial charge in [0.2, 0.25) is 0 Å². The van der Waals surface area contributed by atoms with Gasteiger partial charge in [0.15, 0.2) is 6.61 Å². The summed E-state index contributed by atoms with van der Waals surface area (Å²) in [6.45, 7) is 0.933. The van der Waals surface area contributed by atoms with Crippen molar-refractivity contribution in [3.63, 3.8) is 0 Å². The van der Waals surface area contributed by atoms with Crippen LogP contribution >= 0.6 is 15.9 Å². The van der Waals surface area contributed by atoms with Crippen LogP contribution in [0.25, 0.3) is 0 Å². The van der Waals surface area contributed by atoms with Gasteiger partial charge >= 0.3 is 0 Å². The molecular formula is C11H13BrN2O2. The lowest BCUT2D eigenvalue weighted by atomic mass is 10.1. The number of halogens is 1. The van der Waals surface area contributed by atoms with Crippen molar-refractivity contribution < 1.29 is 9.53 Å². The van der Waals surface area contributed by atoms with Crippen molar-refractivity contribution >= 4 is 27.5 Å². The molecule has 0 bridgehead atoms.